The van der Waals surface area contributed by atoms with E-state index in [1.54, 1.807) is 13.0 Å². The summed E-state index contributed by atoms with van der Waals surface area (Å²) in [6.45, 7) is 5.40. The van der Waals surface area contributed by atoms with Crippen LogP contribution in [-0.4, -0.2) is 14.5 Å². The minimum Gasteiger partial charge on any atom is -0.399 e. The third-order valence-corrected chi connectivity index (χ3v) is 4.44. The van der Waals surface area contributed by atoms with Crippen LogP contribution in [0.1, 0.15) is 24.5 Å². The third-order valence-electron chi connectivity index (χ3n) is 2.84. The SMILES string of the molecule is C#CC(CC)NS(=O)(=O)c1cc(N)cc(C)c1C. The van der Waals surface area contributed by atoms with E-state index >= 15 is 0 Å². The highest BCUT2D eigenvalue weighted by molar-refractivity contribution is 7.89. The first-order valence-electron chi connectivity index (χ1n) is 5.67. The van der Waals surface area contributed by atoms with E-state index in [9.17, 15) is 8.42 Å². The summed E-state index contributed by atoms with van der Waals surface area (Å²) >= 11 is 0. The van der Waals surface area contributed by atoms with Crippen molar-refractivity contribution in [2.45, 2.75) is 38.1 Å². The molecule has 1 aromatic rings. The number of nitrogen functional groups attached to an aromatic ring is 1. The fraction of sp³-hybridized carbons (Fsp3) is 0.385. The van der Waals surface area contributed by atoms with Gasteiger partial charge in [-0.2, -0.15) is 4.72 Å². The molecule has 18 heavy (non-hydrogen) atoms. The minimum atomic E-state index is -3.63. The lowest BCUT2D eigenvalue weighted by Gasteiger charge is -2.15. The van der Waals surface area contributed by atoms with Gasteiger partial charge in [0.2, 0.25) is 10.0 Å². The normalized spacial score (nSPS) is 13.0. The van der Waals surface area contributed by atoms with Crippen molar-refractivity contribution >= 4 is 15.7 Å². The van der Waals surface area contributed by atoms with Crippen molar-refractivity contribution in [2.24, 2.45) is 0 Å². The van der Waals surface area contributed by atoms with Crippen LogP contribution >= 0.6 is 0 Å². The number of hydrogen-bond donors (Lipinski definition) is 2. The van der Waals surface area contributed by atoms with Crippen LogP contribution in [0.5, 0.6) is 0 Å². The summed E-state index contributed by atoms with van der Waals surface area (Å²) in [6.07, 6.45) is 5.80. The first-order chi connectivity index (χ1) is 8.31. The van der Waals surface area contributed by atoms with Crippen LogP contribution in [0.3, 0.4) is 0 Å². The molecule has 0 aromatic heterocycles. The number of sulfonamides is 1. The number of rotatable bonds is 4. The summed E-state index contributed by atoms with van der Waals surface area (Å²) in [5.41, 5.74) is 7.63. The smallest absolute Gasteiger partial charge is 0.242 e. The Labute approximate surface area is 109 Å². The molecule has 0 aliphatic rings. The zero-order chi connectivity index (χ0) is 13.9. The fourth-order valence-electron chi connectivity index (χ4n) is 1.62. The predicted octanol–water partition coefficient (Wildman–Crippen LogP) is 1.58. The molecule has 0 saturated heterocycles. The Morgan fingerprint density at radius 2 is 2.06 bits per heavy atom. The Morgan fingerprint density at radius 3 is 2.56 bits per heavy atom. The second kappa shape index (κ2) is 5.42. The van der Waals surface area contributed by atoms with Gasteiger partial charge in [0.05, 0.1) is 10.9 Å². The van der Waals surface area contributed by atoms with Gasteiger partial charge in [0.25, 0.3) is 0 Å². The summed E-state index contributed by atoms with van der Waals surface area (Å²) in [6, 6.07) is 2.69. The lowest BCUT2D eigenvalue weighted by atomic mass is 10.1. The lowest BCUT2D eigenvalue weighted by Crippen LogP contribution is -2.33. The molecule has 5 heteroatoms. The highest BCUT2D eigenvalue weighted by Gasteiger charge is 2.21. The molecule has 0 saturated carbocycles. The molecular weight excluding hydrogens is 248 g/mol. The molecule has 1 unspecified atom stereocenters. The zero-order valence-electron chi connectivity index (χ0n) is 10.8. The summed E-state index contributed by atoms with van der Waals surface area (Å²) in [5, 5.41) is 0. The summed E-state index contributed by atoms with van der Waals surface area (Å²) in [7, 11) is -3.63. The maximum atomic E-state index is 12.2. The molecule has 0 fully saturated rings. The zero-order valence-corrected chi connectivity index (χ0v) is 11.6. The fourth-order valence-corrected chi connectivity index (χ4v) is 3.21. The molecule has 4 nitrogen and oxygen atoms in total. The van der Waals surface area contributed by atoms with E-state index in [-0.39, 0.29) is 4.90 Å². The number of terminal acetylenes is 1. The van der Waals surface area contributed by atoms with Crippen LogP contribution in [0.2, 0.25) is 0 Å². The van der Waals surface area contributed by atoms with Gasteiger partial charge in [0, 0.05) is 5.69 Å². The molecule has 3 N–H and O–H groups in total. The van der Waals surface area contributed by atoms with E-state index in [1.165, 1.54) is 6.07 Å². The molecule has 98 valence electrons. The summed E-state index contributed by atoms with van der Waals surface area (Å²) in [5.74, 6) is 2.40. The first-order valence-corrected chi connectivity index (χ1v) is 7.15. The number of benzene rings is 1. The van der Waals surface area contributed by atoms with Crippen molar-refractivity contribution in [3.63, 3.8) is 0 Å². The maximum absolute atomic E-state index is 12.2. The standard InChI is InChI=1S/C13H18N2O2S/c1-5-12(6-2)15-18(16,17)13-8-11(14)7-9(3)10(13)4/h1,7-8,12,15H,6,14H2,2-4H3. The van der Waals surface area contributed by atoms with E-state index in [2.05, 4.69) is 10.6 Å². The number of hydrogen-bond acceptors (Lipinski definition) is 3. The van der Waals surface area contributed by atoms with Gasteiger partial charge in [0.15, 0.2) is 0 Å². The molecular formula is C13H18N2O2S. The predicted molar refractivity (Wildman–Crippen MR) is 73.6 cm³/mol. The van der Waals surface area contributed by atoms with Crippen molar-refractivity contribution in [1.29, 1.82) is 0 Å². The van der Waals surface area contributed by atoms with Crippen molar-refractivity contribution in [1.82, 2.24) is 4.72 Å². The van der Waals surface area contributed by atoms with Crippen molar-refractivity contribution in [3.05, 3.63) is 23.3 Å². The highest BCUT2D eigenvalue weighted by Crippen LogP contribution is 2.22. The molecule has 0 bridgehead atoms. The number of nitrogens with one attached hydrogen (secondary N) is 1. The van der Waals surface area contributed by atoms with Crippen molar-refractivity contribution < 1.29 is 8.42 Å². The van der Waals surface area contributed by atoms with Gasteiger partial charge >= 0.3 is 0 Å². The monoisotopic (exact) mass is 266 g/mol. The van der Waals surface area contributed by atoms with E-state index < -0.39 is 16.1 Å². The van der Waals surface area contributed by atoms with Gasteiger partial charge in [-0.25, -0.2) is 8.42 Å². The van der Waals surface area contributed by atoms with Crippen LogP contribution in [0.25, 0.3) is 0 Å². The van der Waals surface area contributed by atoms with Crippen LogP contribution in [0.4, 0.5) is 5.69 Å². The van der Waals surface area contributed by atoms with Gasteiger partial charge in [-0.1, -0.05) is 12.8 Å². The van der Waals surface area contributed by atoms with Gasteiger partial charge in [-0.15, -0.1) is 6.42 Å². The number of anilines is 1. The van der Waals surface area contributed by atoms with Gasteiger partial charge in [-0.05, 0) is 43.5 Å². The third kappa shape index (κ3) is 3.03. The Hall–Kier alpha value is -1.51. The highest BCUT2D eigenvalue weighted by atomic mass is 32.2. The Bertz CT molecular complexity index is 586. The molecule has 0 spiro atoms. The second-order valence-electron chi connectivity index (χ2n) is 4.21. The molecule has 0 aliphatic heterocycles. The summed E-state index contributed by atoms with van der Waals surface area (Å²) < 4.78 is 26.9. The minimum absolute atomic E-state index is 0.189. The average Bonchev–Trinajstić information content (AvgIpc) is 2.30. The Morgan fingerprint density at radius 1 is 1.44 bits per heavy atom. The molecule has 1 rings (SSSR count). The molecule has 0 radical (unpaired) electrons. The molecule has 1 atom stereocenters. The van der Waals surface area contributed by atoms with Gasteiger partial charge < -0.3 is 5.73 Å². The average molecular weight is 266 g/mol. The molecule has 0 heterocycles. The second-order valence-corrected chi connectivity index (χ2v) is 5.89. The number of nitrogens with two attached hydrogens (primary N) is 1. The lowest BCUT2D eigenvalue weighted by molar-refractivity contribution is 0.570. The van der Waals surface area contributed by atoms with E-state index in [1.807, 2.05) is 13.8 Å². The molecule has 0 aliphatic carbocycles. The maximum Gasteiger partial charge on any atom is 0.242 e. The largest absolute Gasteiger partial charge is 0.399 e. The Kier molecular flexibility index (Phi) is 4.38. The van der Waals surface area contributed by atoms with Gasteiger partial charge in [-0.3, -0.25) is 0 Å². The van der Waals surface area contributed by atoms with Crippen LogP contribution in [0.15, 0.2) is 17.0 Å². The van der Waals surface area contributed by atoms with E-state index in [0.29, 0.717) is 17.7 Å². The van der Waals surface area contributed by atoms with Crippen LogP contribution in [-0.2, 0) is 10.0 Å². The molecule has 0 amide bonds. The van der Waals surface area contributed by atoms with Crippen molar-refractivity contribution in [2.75, 3.05) is 5.73 Å². The van der Waals surface area contributed by atoms with E-state index in [4.69, 9.17) is 12.2 Å². The summed E-state index contributed by atoms with van der Waals surface area (Å²) in [4.78, 5) is 0.189. The van der Waals surface area contributed by atoms with Crippen molar-refractivity contribution in [3.8, 4) is 12.3 Å². The van der Waals surface area contributed by atoms with Gasteiger partial charge in [0.1, 0.15) is 0 Å². The van der Waals surface area contributed by atoms with Crippen LogP contribution < -0.4 is 10.5 Å². The van der Waals surface area contributed by atoms with E-state index in [0.717, 1.165) is 5.56 Å². The topological polar surface area (TPSA) is 72.2 Å². The van der Waals surface area contributed by atoms with Crippen LogP contribution in [0, 0.1) is 26.2 Å². The first kappa shape index (κ1) is 14.6. The molecule has 1 aromatic carbocycles. The quantitative estimate of drug-likeness (QED) is 0.642. The Balaban J connectivity index is 3.26. The number of aryl methyl sites for hydroxylation is 1.